The van der Waals surface area contributed by atoms with Crippen molar-refractivity contribution >= 4 is 21.6 Å². The molecule has 0 aliphatic carbocycles. The molecule has 0 aliphatic rings. The normalized spacial score (nSPS) is 10.9. The number of pyridine rings is 1. The van der Waals surface area contributed by atoms with Gasteiger partial charge in [0, 0.05) is 35.0 Å². The van der Waals surface area contributed by atoms with Gasteiger partial charge in [-0.1, -0.05) is 5.16 Å². The molecule has 3 aromatic rings. The van der Waals surface area contributed by atoms with E-state index in [2.05, 4.69) is 26.1 Å². The molecule has 1 aromatic carbocycles. The molecule has 0 bridgehead atoms. The maximum absolute atomic E-state index is 12.0. The van der Waals surface area contributed by atoms with Crippen molar-refractivity contribution in [1.82, 2.24) is 10.1 Å². The highest BCUT2D eigenvalue weighted by atomic mass is 79.9. The van der Waals surface area contributed by atoms with Crippen LogP contribution < -0.4 is 4.73 Å². The van der Waals surface area contributed by atoms with Gasteiger partial charge in [0.2, 0.25) is 11.6 Å². The van der Waals surface area contributed by atoms with E-state index in [1.165, 1.54) is 0 Å². The summed E-state index contributed by atoms with van der Waals surface area (Å²) in [6.07, 6.45) is 0. The van der Waals surface area contributed by atoms with Gasteiger partial charge in [-0.15, -0.1) is 0 Å². The van der Waals surface area contributed by atoms with Crippen LogP contribution in [0.25, 0.3) is 22.8 Å². The highest BCUT2D eigenvalue weighted by Crippen LogP contribution is 2.39. The maximum atomic E-state index is 12.0. The number of hydrogen-bond acceptors (Lipinski definition) is 8. The van der Waals surface area contributed by atoms with Crippen molar-refractivity contribution in [3.8, 4) is 34.3 Å². The average molecular weight is 423 g/mol. The first-order valence-corrected chi connectivity index (χ1v) is 7.94. The first-order chi connectivity index (χ1) is 12.2. The van der Waals surface area contributed by atoms with Crippen LogP contribution in [0.2, 0.25) is 0 Å². The van der Waals surface area contributed by atoms with Gasteiger partial charge in [0.05, 0.1) is 10.5 Å². The maximum Gasteiger partial charge on any atom is 0.315 e. The lowest BCUT2D eigenvalue weighted by Gasteiger charge is -2.08. The number of aryl methyl sites for hydroxylation is 2. The van der Waals surface area contributed by atoms with E-state index in [4.69, 9.17) is 4.52 Å². The lowest BCUT2D eigenvalue weighted by Crippen LogP contribution is -2.32. The second-order valence-electron chi connectivity index (χ2n) is 5.47. The molecule has 0 saturated heterocycles. The molecule has 2 heterocycles. The molecule has 3 rings (SSSR count). The van der Waals surface area contributed by atoms with E-state index < -0.39 is 22.1 Å². The minimum Gasteiger partial charge on any atom is -0.618 e. The summed E-state index contributed by atoms with van der Waals surface area (Å²) in [5.74, 6) is -1.59. The third kappa shape index (κ3) is 2.81. The monoisotopic (exact) mass is 422 g/mol. The molecule has 11 heteroatoms. The van der Waals surface area contributed by atoms with E-state index in [-0.39, 0.29) is 21.9 Å². The van der Waals surface area contributed by atoms with Crippen molar-refractivity contribution in [2.45, 2.75) is 13.8 Å². The predicted molar refractivity (Wildman–Crippen MR) is 91.3 cm³/mol. The Labute approximate surface area is 154 Å². The summed E-state index contributed by atoms with van der Waals surface area (Å²) in [6.45, 7) is 3.41. The molecule has 0 saturated carbocycles. The number of hydrogen-bond donors (Lipinski definition) is 2. The van der Waals surface area contributed by atoms with Crippen LogP contribution in [0.5, 0.6) is 11.5 Å². The quantitative estimate of drug-likeness (QED) is 0.163. The van der Waals surface area contributed by atoms with Crippen LogP contribution in [0.3, 0.4) is 0 Å². The molecule has 10 nitrogen and oxygen atoms in total. The fraction of sp³-hybridized carbons (Fsp3) is 0.133. The summed E-state index contributed by atoms with van der Waals surface area (Å²) in [7, 11) is 0. The standard InChI is InChI=1S/C15H11BrN4O6/c1-6-3-7(2)19(23)13(16)11(6)14-17-15(26-18-14)8-4-9(20(24)25)12(22)10(21)5-8/h3-5,21-22H,1-2H3. The van der Waals surface area contributed by atoms with E-state index in [1.54, 1.807) is 19.9 Å². The SMILES string of the molecule is Cc1cc(C)[n+]([O-])c(Br)c1-c1noc(-c2cc(O)c(O)c([N+](=O)[O-])c2)n1. The van der Waals surface area contributed by atoms with Crippen LogP contribution in [0.1, 0.15) is 11.3 Å². The molecule has 0 aliphatic heterocycles. The number of benzene rings is 1. The lowest BCUT2D eigenvalue weighted by atomic mass is 10.1. The largest absolute Gasteiger partial charge is 0.618 e. The van der Waals surface area contributed by atoms with Gasteiger partial charge in [-0.2, -0.15) is 9.71 Å². The number of nitro benzene ring substituents is 1. The average Bonchev–Trinajstić information content (AvgIpc) is 3.04. The first kappa shape index (κ1) is 17.6. The Morgan fingerprint density at radius 3 is 2.62 bits per heavy atom. The van der Waals surface area contributed by atoms with Crippen LogP contribution in [0.15, 0.2) is 27.3 Å². The number of nitrogens with zero attached hydrogens (tertiary/aromatic N) is 4. The summed E-state index contributed by atoms with van der Waals surface area (Å²) in [6, 6.07) is 3.71. The zero-order valence-corrected chi connectivity index (χ0v) is 15.0. The van der Waals surface area contributed by atoms with Gasteiger partial charge in [0.15, 0.2) is 11.4 Å². The fourth-order valence-electron chi connectivity index (χ4n) is 2.44. The van der Waals surface area contributed by atoms with Gasteiger partial charge in [0.1, 0.15) is 5.56 Å². The third-order valence-electron chi connectivity index (χ3n) is 3.69. The van der Waals surface area contributed by atoms with Crippen molar-refractivity contribution in [2.24, 2.45) is 0 Å². The fourth-order valence-corrected chi connectivity index (χ4v) is 3.21. The molecule has 2 N–H and O–H groups in total. The highest BCUT2D eigenvalue weighted by molar-refractivity contribution is 9.10. The number of aromatic hydroxyl groups is 2. The number of phenols is 2. The van der Waals surface area contributed by atoms with Gasteiger partial charge in [0.25, 0.3) is 10.5 Å². The number of aromatic nitrogens is 3. The Balaban J connectivity index is 2.13. The minimum absolute atomic E-state index is 0.0432. The van der Waals surface area contributed by atoms with E-state index in [9.17, 15) is 25.5 Å². The summed E-state index contributed by atoms with van der Waals surface area (Å²) in [4.78, 5) is 14.3. The first-order valence-electron chi connectivity index (χ1n) is 7.14. The molecule has 2 aromatic heterocycles. The third-order valence-corrected chi connectivity index (χ3v) is 4.41. The lowest BCUT2D eigenvalue weighted by molar-refractivity contribution is -0.623. The summed E-state index contributed by atoms with van der Waals surface area (Å²) in [5.41, 5.74) is 0.930. The van der Waals surface area contributed by atoms with Crippen LogP contribution >= 0.6 is 15.9 Å². The van der Waals surface area contributed by atoms with Gasteiger partial charge < -0.3 is 19.9 Å². The van der Waals surface area contributed by atoms with Crippen LogP contribution in [0, 0.1) is 29.2 Å². The number of phenolic OH excluding ortho intramolecular Hbond substituents is 2. The number of nitro groups is 1. The van der Waals surface area contributed by atoms with E-state index in [1.807, 2.05) is 0 Å². The Hall–Kier alpha value is -3.21. The smallest absolute Gasteiger partial charge is 0.315 e. The molecule has 134 valence electrons. The molecule has 0 fully saturated rings. The summed E-state index contributed by atoms with van der Waals surface area (Å²) in [5, 5.41) is 46.0. The second-order valence-corrected chi connectivity index (χ2v) is 6.22. The van der Waals surface area contributed by atoms with Crippen LogP contribution in [-0.4, -0.2) is 25.3 Å². The topological polar surface area (TPSA) is 149 Å². The molecule has 0 spiro atoms. The van der Waals surface area contributed by atoms with Crippen molar-refractivity contribution in [1.29, 1.82) is 0 Å². The summed E-state index contributed by atoms with van der Waals surface area (Å²) >= 11 is 3.20. The summed E-state index contributed by atoms with van der Waals surface area (Å²) < 4.78 is 5.96. The van der Waals surface area contributed by atoms with Gasteiger partial charge >= 0.3 is 5.69 Å². The van der Waals surface area contributed by atoms with Crippen molar-refractivity contribution in [3.63, 3.8) is 0 Å². The Morgan fingerprint density at radius 2 is 1.96 bits per heavy atom. The van der Waals surface area contributed by atoms with Crippen molar-refractivity contribution < 1.29 is 24.4 Å². The Bertz CT molecular complexity index is 1050. The molecular weight excluding hydrogens is 412 g/mol. The zero-order valence-electron chi connectivity index (χ0n) is 13.4. The number of halogens is 1. The van der Waals surface area contributed by atoms with Gasteiger partial charge in [-0.25, -0.2) is 0 Å². The van der Waals surface area contributed by atoms with Gasteiger partial charge in [-0.3, -0.25) is 10.1 Å². The van der Waals surface area contributed by atoms with Crippen molar-refractivity contribution in [3.05, 3.63) is 49.4 Å². The predicted octanol–water partition coefficient (Wildman–Crippen LogP) is 2.74. The Morgan fingerprint density at radius 1 is 1.27 bits per heavy atom. The van der Waals surface area contributed by atoms with E-state index >= 15 is 0 Å². The highest BCUT2D eigenvalue weighted by Gasteiger charge is 2.25. The number of rotatable bonds is 3. The molecule has 0 amide bonds. The second kappa shape index (κ2) is 6.26. The molecular formula is C15H11BrN4O6. The molecule has 0 radical (unpaired) electrons. The van der Waals surface area contributed by atoms with Gasteiger partial charge in [-0.05, 0) is 18.6 Å². The molecule has 0 unspecified atom stereocenters. The molecule has 0 atom stereocenters. The minimum atomic E-state index is -0.858. The van der Waals surface area contributed by atoms with E-state index in [0.717, 1.165) is 12.1 Å². The van der Waals surface area contributed by atoms with E-state index in [0.29, 0.717) is 21.6 Å². The molecule has 26 heavy (non-hydrogen) atoms. The van der Waals surface area contributed by atoms with Crippen molar-refractivity contribution in [2.75, 3.05) is 0 Å². The van der Waals surface area contributed by atoms with Crippen LogP contribution in [-0.2, 0) is 0 Å². The zero-order chi connectivity index (χ0) is 19.2. The van der Waals surface area contributed by atoms with Crippen LogP contribution in [0.4, 0.5) is 5.69 Å². The Kier molecular flexibility index (Phi) is 4.24.